The van der Waals surface area contributed by atoms with Gasteiger partial charge in [-0.15, -0.1) is 0 Å². The summed E-state index contributed by atoms with van der Waals surface area (Å²) < 4.78 is 2.07. The Labute approximate surface area is 187 Å². The molecule has 32 heavy (non-hydrogen) atoms. The van der Waals surface area contributed by atoms with Crippen LogP contribution in [0.15, 0.2) is 72.8 Å². The molecule has 0 spiro atoms. The number of fused-ring (bicyclic) bond motifs is 1. The lowest BCUT2D eigenvalue weighted by Crippen LogP contribution is -2.28. The number of carbonyl (C=O) groups excluding carboxylic acids is 1. The molecule has 0 saturated carbocycles. The first kappa shape index (κ1) is 21.1. The second-order valence-electron chi connectivity index (χ2n) is 7.65. The summed E-state index contributed by atoms with van der Waals surface area (Å²) in [7, 11) is 2.00. The molecular formula is C26H25N5O. The SMILES string of the molecule is Cn1c(CCc2ccc(C#N)cc2)nc2cc(C(=O)NCCNc3ccccc3)ccc21. The van der Waals surface area contributed by atoms with Crippen LogP contribution >= 0.6 is 0 Å². The fourth-order valence-electron chi connectivity index (χ4n) is 3.66. The topological polar surface area (TPSA) is 82.7 Å². The molecule has 0 aliphatic carbocycles. The van der Waals surface area contributed by atoms with E-state index in [1.54, 1.807) is 0 Å². The van der Waals surface area contributed by atoms with E-state index in [1.807, 2.05) is 79.8 Å². The van der Waals surface area contributed by atoms with Crippen molar-refractivity contribution in [3.05, 3.63) is 95.3 Å². The predicted molar refractivity (Wildman–Crippen MR) is 127 cm³/mol. The van der Waals surface area contributed by atoms with Crippen molar-refractivity contribution in [2.24, 2.45) is 7.05 Å². The minimum absolute atomic E-state index is 0.105. The van der Waals surface area contributed by atoms with Crippen molar-refractivity contribution in [2.45, 2.75) is 12.8 Å². The van der Waals surface area contributed by atoms with E-state index in [1.165, 1.54) is 5.56 Å². The van der Waals surface area contributed by atoms with Gasteiger partial charge in [-0.2, -0.15) is 5.26 Å². The Kier molecular flexibility index (Phi) is 6.47. The number of aromatic nitrogens is 2. The van der Waals surface area contributed by atoms with Gasteiger partial charge < -0.3 is 15.2 Å². The molecule has 0 radical (unpaired) electrons. The largest absolute Gasteiger partial charge is 0.383 e. The van der Waals surface area contributed by atoms with Crippen molar-refractivity contribution in [1.82, 2.24) is 14.9 Å². The molecule has 0 aliphatic rings. The predicted octanol–water partition coefficient (Wildman–Crippen LogP) is 4.07. The molecule has 4 aromatic rings. The summed E-state index contributed by atoms with van der Waals surface area (Å²) in [6.45, 7) is 1.19. The third-order valence-corrected chi connectivity index (χ3v) is 5.47. The van der Waals surface area contributed by atoms with Crippen molar-refractivity contribution in [3.63, 3.8) is 0 Å². The van der Waals surface area contributed by atoms with E-state index in [2.05, 4.69) is 21.3 Å². The number of imidazole rings is 1. The van der Waals surface area contributed by atoms with Crippen LogP contribution in [-0.2, 0) is 19.9 Å². The van der Waals surface area contributed by atoms with Gasteiger partial charge in [0.15, 0.2) is 0 Å². The van der Waals surface area contributed by atoms with E-state index >= 15 is 0 Å². The smallest absolute Gasteiger partial charge is 0.251 e. The van der Waals surface area contributed by atoms with E-state index in [9.17, 15) is 4.79 Å². The van der Waals surface area contributed by atoms with Crippen LogP contribution in [0.2, 0.25) is 0 Å². The normalized spacial score (nSPS) is 10.6. The Balaban J connectivity index is 1.36. The number of nitriles is 1. The molecule has 1 aromatic heterocycles. The van der Waals surface area contributed by atoms with Crippen LogP contribution in [0.5, 0.6) is 0 Å². The Morgan fingerprint density at radius 3 is 2.53 bits per heavy atom. The molecule has 1 amide bonds. The molecule has 3 aromatic carbocycles. The van der Waals surface area contributed by atoms with Gasteiger partial charge in [-0.25, -0.2) is 4.98 Å². The van der Waals surface area contributed by atoms with E-state index in [0.717, 1.165) is 35.4 Å². The van der Waals surface area contributed by atoms with E-state index in [-0.39, 0.29) is 5.91 Å². The van der Waals surface area contributed by atoms with E-state index in [0.29, 0.717) is 24.2 Å². The average Bonchev–Trinajstić information content (AvgIpc) is 3.16. The molecule has 1 heterocycles. The zero-order valence-corrected chi connectivity index (χ0v) is 18.0. The highest BCUT2D eigenvalue weighted by Crippen LogP contribution is 2.18. The van der Waals surface area contributed by atoms with E-state index < -0.39 is 0 Å². The van der Waals surface area contributed by atoms with Gasteiger partial charge in [0.05, 0.1) is 22.7 Å². The Bertz CT molecular complexity index is 1250. The molecule has 0 bridgehead atoms. The number of hydrogen-bond donors (Lipinski definition) is 2. The number of hydrogen-bond acceptors (Lipinski definition) is 4. The lowest BCUT2D eigenvalue weighted by Gasteiger charge is -2.08. The quantitative estimate of drug-likeness (QED) is 0.419. The minimum atomic E-state index is -0.105. The van der Waals surface area contributed by atoms with Crippen molar-refractivity contribution in [3.8, 4) is 6.07 Å². The molecule has 0 unspecified atom stereocenters. The molecule has 160 valence electrons. The van der Waals surface area contributed by atoms with Gasteiger partial charge in [-0.3, -0.25) is 4.79 Å². The van der Waals surface area contributed by atoms with Crippen LogP contribution in [0.1, 0.15) is 27.3 Å². The zero-order chi connectivity index (χ0) is 22.3. The summed E-state index contributed by atoms with van der Waals surface area (Å²) >= 11 is 0. The lowest BCUT2D eigenvalue weighted by molar-refractivity contribution is 0.0955. The van der Waals surface area contributed by atoms with Gasteiger partial charge >= 0.3 is 0 Å². The number of para-hydroxylation sites is 1. The first-order valence-corrected chi connectivity index (χ1v) is 10.7. The average molecular weight is 424 g/mol. The van der Waals surface area contributed by atoms with Gasteiger partial charge in [-0.05, 0) is 54.4 Å². The molecule has 0 atom stereocenters. The lowest BCUT2D eigenvalue weighted by atomic mass is 10.1. The monoisotopic (exact) mass is 423 g/mol. The van der Waals surface area contributed by atoms with E-state index in [4.69, 9.17) is 10.2 Å². The summed E-state index contributed by atoms with van der Waals surface area (Å²) in [6.07, 6.45) is 1.62. The molecule has 4 rings (SSSR count). The fourth-order valence-corrected chi connectivity index (χ4v) is 3.66. The highest BCUT2D eigenvalue weighted by molar-refractivity contribution is 5.97. The highest BCUT2D eigenvalue weighted by Gasteiger charge is 2.12. The number of nitrogens with one attached hydrogen (secondary N) is 2. The van der Waals surface area contributed by atoms with Crippen molar-refractivity contribution < 1.29 is 4.79 Å². The summed E-state index contributed by atoms with van der Waals surface area (Å²) in [5, 5.41) is 15.2. The maximum atomic E-state index is 12.6. The van der Waals surface area contributed by atoms with Gasteiger partial charge in [0.2, 0.25) is 0 Å². The van der Waals surface area contributed by atoms with Crippen LogP contribution < -0.4 is 10.6 Å². The minimum Gasteiger partial charge on any atom is -0.383 e. The number of aryl methyl sites for hydroxylation is 3. The number of amides is 1. The Morgan fingerprint density at radius 2 is 1.78 bits per heavy atom. The van der Waals surface area contributed by atoms with Crippen molar-refractivity contribution >= 4 is 22.6 Å². The van der Waals surface area contributed by atoms with Crippen LogP contribution in [0.4, 0.5) is 5.69 Å². The Morgan fingerprint density at radius 1 is 1.00 bits per heavy atom. The van der Waals surface area contributed by atoms with Crippen LogP contribution in [0.3, 0.4) is 0 Å². The first-order chi connectivity index (χ1) is 15.6. The zero-order valence-electron chi connectivity index (χ0n) is 18.0. The number of nitrogens with zero attached hydrogens (tertiary/aromatic N) is 3. The molecule has 2 N–H and O–H groups in total. The maximum absolute atomic E-state index is 12.6. The molecule has 0 aliphatic heterocycles. The number of rotatable bonds is 8. The van der Waals surface area contributed by atoms with Gasteiger partial charge in [0.1, 0.15) is 5.82 Å². The van der Waals surface area contributed by atoms with Crippen molar-refractivity contribution in [2.75, 3.05) is 18.4 Å². The summed E-state index contributed by atoms with van der Waals surface area (Å²) in [6, 6.07) is 25.3. The molecule has 0 fully saturated rings. The molecular weight excluding hydrogens is 398 g/mol. The third kappa shape index (κ3) is 4.96. The van der Waals surface area contributed by atoms with Gasteiger partial charge in [0.25, 0.3) is 5.91 Å². The number of anilines is 1. The van der Waals surface area contributed by atoms with Gasteiger partial charge in [-0.1, -0.05) is 30.3 Å². The Hall–Kier alpha value is -4.11. The van der Waals surface area contributed by atoms with Crippen molar-refractivity contribution in [1.29, 1.82) is 5.26 Å². The first-order valence-electron chi connectivity index (χ1n) is 10.7. The summed E-state index contributed by atoms with van der Waals surface area (Å²) in [5.41, 5.74) is 5.29. The second kappa shape index (κ2) is 9.80. The number of carbonyl (C=O) groups is 1. The second-order valence-corrected chi connectivity index (χ2v) is 7.65. The standard InChI is InChI=1S/C26H25N5O/c1-31-24-13-12-21(26(32)29-16-15-28-22-5-3-2-4-6-22)17-23(24)30-25(31)14-11-19-7-9-20(18-27)10-8-19/h2-10,12-13,17,28H,11,14-16H2,1H3,(H,29,32). The van der Waals surface area contributed by atoms with Crippen LogP contribution in [-0.4, -0.2) is 28.5 Å². The fraction of sp³-hybridized carbons (Fsp3) is 0.192. The third-order valence-electron chi connectivity index (χ3n) is 5.47. The molecule has 0 saturated heterocycles. The highest BCUT2D eigenvalue weighted by atomic mass is 16.1. The van der Waals surface area contributed by atoms with Crippen LogP contribution in [0.25, 0.3) is 11.0 Å². The number of benzene rings is 3. The van der Waals surface area contributed by atoms with Gasteiger partial charge in [0, 0.05) is 37.8 Å². The van der Waals surface area contributed by atoms with Crippen LogP contribution in [0, 0.1) is 11.3 Å². The maximum Gasteiger partial charge on any atom is 0.251 e. The summed E-state index contributed by atoms with van der Waals surface area (Å²) in [5.74, 6) is 0.862. The summed E-state index contributed by atoms with van der Waals surface area (Å²) in [4.78, 5) is 17.3. The molecule has 6 nitrogen and oxygen atoms in total. The molecule has 6 heteroatoms.